The molecule has 1 atom stereocenters. The monoisotopic (exact) mass is 301 g/mol. The van der Waals surface area contributed by atoms with Crippen molar-refractivity contribution in [1.29, 1.82) is 0 Å². The van der Waals surface area contributed by atoms with E-state index in [9.17, 15) is 14.7 Å². The molecule has 1 aromatic rings. The molecule has 1 saturated carbocycles. The summed E-state index contributed by atoms with van der Waals surface area (Å²) in [7, 11) is 0. The molecule has 22 heavy (non-hydrogen) atoms. The first-order chi connectivity index (χ1) is 10.6. The Morgan fingerprint density at radius 2 is 1.82 bits per heavy atom. The third kappa shape index (κ3) is 3.32. The molecule has 0 radical (unpaired) electrons. The van der Waals surface area contributed by atoms with E-state index >= 15 is 0 Å². The number of amides is 1. The van der Waals surface area contributed by atoms with Gasteiger partial charge in [0.2, 0.25) is 5.91 Å². The molecule has 3 aliphatic rings. The maximum Gasteiger partial charge on any atom is 0.307 e. The van der Waals surface area contributed by atoms with Crippen LogP contribution in [0.4, 0.5) is 0 Å². The van der Waals surface area contributed by atoms with Crippen molar-refractivity contribution in [3.63, 3.8) is 0 Å². The van der Waals surface area contributed by atoms with Crippen LogP contribution >= 0.6 is 0 Å². The Bertz CT molecular complexity index is 535. The molecule has 4 heteroatoms. The number of benzene rings is 1. The van der Waals surface area contributed by atoms with Gasteiger partial charge in [-0.3, -0.25) is 9.59 Å². The smallest absolute Gasteiger partial charge is 0.307 e. The van der Waals surface area contributed by atoms with E-state index in [0.29, 0.717) is 18.4 Å². The van der Waals surface area contributed by atoms with E-state index < -0.39 is 11.9 Å². The highest BCUT2D eigenvalue weighted by Gasteiger charge is 2.37. The van der Waals surface area contributed by atoms with Crippen LogP contribution in [0.3, 0.4) is 0 Å². The summed E-state index contributed by atoms with van der Waals surface area (Å²) < 4.78 is 0. The number of carboxylic acids is 1. The standard InChI is InChI=1S/C18H23NO3/c20-17(19-12-14-6-8-16(19)9-7-14)11-15(18(21)22)10-13-4-2-1-3-5-13/h1-5,14-16H,6-12H2,(H,21,22)/t14?,15-,16?/m0/s1. The van der Waals surface area contributed by atoms with Crippen LogP contribution in [-0.4, -0.2) is 34.5 Å². The number of carbonyl (C=O) groups excluding carboxylic acids is 1. The van der Waals surface area contributed by atoms with E-state index in [1.807, 2.05) is 35.2 Å². The summed E-state index contributed by atoms with van der Waals surface area (Å²) in [4.78, 5) is 26.0. The van der Waals surface area contributed by atoms with Crippen molar-refractivity contribution < 1.29 is 14.7 Å². The molecular weight excluding hydrogens is 278 g/mol. The Morgan fingerprint density at radius 1 is 1.14 bits per heavy atom. The minimum absolute atomic E-state index is 0.0257. The normalized spacial score (nSPS) is 25.0. The number of hydrogen-bond donors (Lipinski definition) is 1. The lowest BCUT2D eigenvalue weighted by Gasteiger charge is -2.45. The minimum atomic E-state index is -0.876. The molecule has 2 heterocycles. The van der Waals surface area contributed by atoms with Crippen molar-refractivity contribution in [2.75, 3.05) is 6.54 Å². The molecule has 4 nitrogen and oxygen atoms in total. The fourth-order valence-electron chi connectivity index (χ4n) is 3.85. The second-order valence-corrected chi connectivity index (χ2v) is 6.65. The lowest BCUT2D eigenvalue weighted by molar-refractivity contribution is -0.148. The van der Waals surface area contributed by atoms with E-state index in [1.54, 1.807) is 0 Å². The van der Waals surface area contributed by atoms with Crippen molar-refractivity contribution in [1.82, 2.24) is 4.90 Å². The molecule has 118 valence electrons. The van der Waals surface area contributed by atoms with Crippen molar-refractivity contribution in [3.05, 3.63) is 35.9 Å². The Hall–Kier alpha value is -1.84. The number of aliphatic carboxylic acids is 1. The molecule has 2 bridgehead atoms. The van der Waals surface area contributed by atoms with Gasteiger partial charge in [0.05, 0.1) is 5.92 Å². The van der Waals surface area contributed by atoms with Crippen LogP contribution in [0.5, 0.6) is 0 Å². The fourth-order valence-corrected chi connectivity index (χ4v) is 3.85. The highest BCUT2D eigenvalue weighted by molar-refractivity contribution is 5.83. The van der Waals surface area contributed by atoms with Gasteiger partial charge in [0.25, 0.3) is 0 Å². The minimum Gasteiger partial charge on any atom is -0.481 e. The third-order valence-electron chi connectivity index (χ3n) is 5.13. The molecular formula is C18H23NO3. The Morgan fingerprint density at radius 3 is 2.36 bits per heavy atom. The van der Waals surface area contributed by atoms with Gasteiger partial charge in [-0.05, 0) is 43.6 Å². The van der Waals surface area contributed by atoms with Crippen molar-refractivity contribution in [2.24, 2.45) is 11.8 Å². The number of carbonyl (C=O) groups is 2. The predicted octanol–water partition coefficient (Wildman–Crippen LogP) is 2.72. The van der Waals surface area contributed by atoms with E-state index in [2.05, 4.69) is 0 Å². The molecule has 4 rings (SSSR count). The largest absolute Gasteiger partial charge is 0.481 e. The van der Waals surface area contributed by atoms with Gasteiger partial charge in [-0.15, -0.1) is 0 Å². The first kappa shape index (κ1) is 15.1. The summed E-state index contributed by atoms with van der Waals surface area (Å²) in [5, 5.41) is 9.44. The van der Waals surface area contributed by atoms with Crippen molar-refractivity contribution in [3.8, 4) is 0 Å². The van der Waals surface area contributed by atoms with Crippen LogP contribution < -0.4 is 0 Å². The molecule has 1 aliphatic carbocycles. The maximum absolute atomic E-state index is 12.6. The van der Waals surface area contributed by atoms with Gasteiger partial charge in [0.15, 0.2) is 0 Å². The SMILES string of the molecule is O=C(O)[C@H](CC(=O)N1CC2CCC1CC2)Cc1ccccc1. The lowest BCUT2D eigenvalue weighted by atomic mass is 9.79. The number of piperidine rings is 2. The van der Waals surface area contributed by atoms with Gasteiger partial charge < -0.3 is 10.0 Å². The molecule has 2 saturated heterocycles. The van der Waals surface area contributed by atoms with E-state index in [4.69, 9.17) is 0 Å². The van der Waals surface area contributed by atoms with Gasteiger partial charge in [-0.25, -0.2) is 0 Å². The summed E-state index contributed by atoms with van der Waals surface area (Å²) in [5.74, 6) is -0.848. The summed E-state index contributed by atoms with van der Waals surface area (Å²) in [5.41, 5.74) is 0.975. The first-order valence-corrected chi connectivity index (χ1v) is 8.19. The predicted molar refractivity (Wildman–Crippen MR) is 83.3 cm³/mol. The number of rotatable bonds is 5. The average molecular weight is 301 g/mol. The van der Waals surface area contributed by atoms with E-state index in [0.717, 1.165) is 24.9 Å². The van der Waals surface area contributed by atoms with Gasteiger partial charge in [0, 0.05) is 19.0 Å². The molecule has 1 amide bonds. The van der Waals surface area contributed by atoms with Gasteiger partial charge in [-0.2, -0.15) is 0 Å². The zero-order chi connectivity index (χ0) is 15.5. The Balaban J connectivity index is 1.63. The first-order valence-electron chi connectivity index (χ1n) is 8.19. The number of nitrogens with zero attached hydrogens (tertiary/aromatic N) is 1. The van der Waals surface area contributed by atoms with Crippen molar-refractivity contribution >= 4 is 11.9 Å². The van der Waals surface area contributed by atoms with Crippen LogP contribution in [0.1, 0.15) is 37.7 Å². The summed E-state index contributed by atoms with van der Waals surface area (Å²) in [6, 6.07) is 9.91. The van der Waals surface area contributed by atoms with Crippen LogP contribution in [-0.2, 0) is 16.0 Å². The number of hydrogen-bond acceptors (Lipinski definition) is 2. The molecule has 0 spiro atoms. The van der Waals surface area contributed by atoms with Crippen LogP contribution in [0.25, 0.3) is 0 Å². The van der Waals surface area contributed by atoms with Gasteiger partial charge in [0.1, 0.15) is 0 Å². The molecule has 1 N–H and O–H groups in total. The molecule has 3 fully saturated rings. The Kier molecular flexibility index (Phi) is 4.46. The van der Waals surface area contributed by atoms with Crippen LogP contribution in [0.15, 0.2) is 30.3 Å². The zero-order valence-corrected chi connectivity index (χ0v) is 12.8. The van der Waals surface area contributed by atoms with E-state index in [-0.39, 0.29) is 12.3 Å². The second-order valence-electron chi connectivity index (χ2n) is 6.65. The summed E-state index contributed by atoms with van der Waals surface area (Å²) in [6.07, 6.45) is 5.17. The molecule has 2 aliphatic heterocycles. The number of fused-ring (bicyclic) bond motifs is 3. The highest BCUT2D eigenvalue weighted by atomic mass is 16.4. The fraction of sp³-hybridized carbons (Fsp3) is 0.556. The highest BCUT2D eigenvalue weighted by Crippen LogP contribution is 2.35. The molecule has 0 aromatic heterocycles. The quantitative estimate of drug-likeness (QED) is 0.909. The zero-order valence-electron chi connectivity index (χ0n) is 12.8. The van der Waals surface area contributed by atoms with Crippen molar-refractivity contribution in [2.45, 2.75) is 44.6 Å². The van der Waals surface area contributed by atoms with Crippen LogP contribution in [0, 0.1) is 11.8 Å². The van der Waals surface area contributed by atoms with Crippen LogP contribution in [0.2, 0.25) is 0 Å². The number of carboxylic acid groups (broad SMARTS) is 1. The average Bonchev–Trinajstić information content (AvgIpc) is 2.56. The third-order valence-corrected chi connectivity index (χ3v) is 5.13. The summed E-state index contributed by atoms with van der Waals surface area (Å²) >= 11 is 0. The summed E-state index contributed by atoms with van der Waals surface area (Å²) in [6.45, 7) is 0.835. The van der Waals surface area contributed by atoms with Gasteiger partial charge >= 0.3 is 5.97 Å². The molecule has 0 unspecified atom stereocenters. The lowest BCUT2D eigenvalue weighted by Crippen LogP contribution is -2.51. The maximum atomic E-state index is 12.6. The Labute approximate surface area is 131 Å². The van der Waals surface area contributed by atoms with Gasteiger partial charge in [-0.1, -0.05) is 30.3 Å². The molecule has 1 aromatic carbocycles. The second kappa shape index (κ2) is 6.51. The topological polar surface area (TPSA) is 57.6 Å². The van der Waals surface area contributed by atoms with E-state index in [1.165, 1.54) is 12.8 Å².